The minimum atomic E-state index is 0.771. The summed E-state index contributed by atoms with van der Waals surface area (Å²) in [6.45, 7) is 1.83. The third-order valence-electron chi connectivity index (χ3n) is 1.28. The minimum absolute atomic E-state index is 0.771. The highest BCUT2D eigenvalue weighted by atomic mass is 15.3. The van der Waals surface area contributed by atoms with Gasteiger partial charge in [-0.15, -0.1) is 0 Å². The molecule has 54 valence electrons. The molecule has 0 unspecified atom stereocenters. The third kappa shape index (κ3) is 0.953. The maximum atomic E-state index is 5.54. The fraction of sp³-hybridized carbons (Fsp3) is 0.167. The number of rotatable bonds is 1. The molecule has 1 rings (SSSR count). The Hall–Kier alpha value is -1.45. The van der Waals surface area contributed by atoms with Crippen LogP contribution in [0.2, 0.25) is 0 Å². The van der Waals surface area contributed by atoms with Crippen molar-refractivity contribution in [3.8, 4) is 0 Å². The zero-order chi connectivity index (χ0) is 7.56. The molecule has 1 aromatic rings. The summed E-state index contributed by atoms with van der Waals surface area (Å²) in [5, 5.41) is 0. The first-order valence-electron chi connectivity index (χ1n) is 2.93. The van der Waals surface area contributed by atoms with Crippen LogP contribution >= 0.6 is 0 Å². The van der Waals surface area contributed by atoms with E-state index in [0.717, 1.165) is 11.5 Å². The van der Waals surface area contributed by atoms with Crippen LogP contribution in [0.3, 0.4) is 0 Å². The lowest BCUT2D eigenvalue weighted by molar-refractivity contribution is 0.918. The fourth-order valence-electron chi connectivity index (χ4n) is 0.693. The Kier molecular flexibility index (Phi) is 1.62. The molecule has 0 saturated heterocycles. The van der Waals surface area contributed by atoms with E-state index in [2.05, 4.69) is 4.98 Å². The molecule has 0 atom stereocenters. The second-order valence-electron chi connectivity index (χ2n) is 1.96. The van der Waals surface area contributed by atoms with Crippen LogP contribution in [-0.4, -0.2) is 9.66 Å². The lowest BCUT2D eigenvalue weighted by Crippen LogP contribution is -2.11. The van der Waals surface area contributed by atoms with E-state index in [1.807, 2.05) is 6.92 Å². The smallest absolute Gasteiger partial charge is 0.124 e. The zero-order valence-corrected chi connectivity index (χ0v) is 5.78. The molecule has 0 aliphatic carbocycles. The van der Waals surface area contributed by atoms with Gasteiger partial charge in [0.25, 0.3) is 0 Å². The van der Waals surface area contributed by atoms with E-state index < -0.39 is 0 Å². The van der Waals surface area contributed by atoms with Gasteiger partial charge in [0.1, 0.15) is 5.82 Å². The number of hydrogen-bond acceptors (Lipinski definition) is 3. The second-order valence-corrected chi connectivity index (χ2v) is 1.96. The lowest BCUT2D eigenvalue weighted by atomic mass is 10.5. The summed E-state index contributed by atoms with van der Waals surface area (Å²) in [6, 6.07) is 0. The van der Waals surface area contributed by atoms with Crippen molar-refractivity contribution in [3.63, 3.8) is 0 Å². The summed E-state index contributed by atoms with van der Waals surface area (Å²) in [7, 11) is 0. The molecule has 0 amide bonds. The van der Waals surface area contributed by atoms with Crippen LogP contribution < -0.4 is 11.6 Å². The summed E-state index contributed by atoms with van der Waals surface area (Å²) in [5.74, 6) is 6.31. The van der Waals surface area contributed by atoms with E-state index in [0.29, 0.717) is 0 Å². The maximum Gasteiger partial charge on any atom is 0.124 e. The Morgan fingerprint density at radius 1 is 1.70 bits per heavy atom. The summed E-state index contributed by atoms with van der Waals surface area (Å²) in [4.78, 5) is 3.97. The molecule has 0 bridgehead atoms. The molecule has 4 nitrogen and oxygen atoms in total. The van der Waals surface area contributed by atoms with Gasteiger partial charge in [-0.25, -0.2) is 9.66 Å². The minimum Gasteiger partial charge on any atom is -0.405 e. The summed E-state index contributed by atoms with van der Waals surface area (Å²) in [5.41, 5.74) is 5.97. The summed E-state index contributed by atoms with van der Waals surface area (Å²) >= 11 is 0. The van der Waals surface area contributed by atoms with Crippen molar-refractivity contribution < 1.29 is 0 Å². The lowest BCUT2D eigenvalue weighted by Gasteiger charge is -1.95. The van der Waals surface area contributed by atoms with Gasteiger partial charge in [0, 0.05) is 0 Å². The number of nitrogens with zero attached hydrogens (tertiary/aromatic N) is 2. The molecule has 4 N–H and O–H groups in total. The summed E-state index contributed by atoms with van der Waals surface area (Å²) < 4.78 is 1.48. The molecule has 0 aliphatic heterocycles. The molecule has 0 saturated carbocycles. The van der Waals surface area contributed by atoms with E-state index in [1.54, 1.807) is 12.3 Å². The van der Waals surface area contributed by atoms with Crippen LogP contribution in [-0.2, 0) is 0 Å². The Morgan fingerprint density at radius 3 is 2.80 bits per heavy atom. The van der Waals surface area contributed by atoms with Gasteiger partial charge < -0.3 is 11.6 Å². The summed E-state index contributed by atoms with van der Waals surface area (Å²) in [6.07, 6.45) is 4.79. The van der Waals surface area contributed by atoms with E-state index in [9.17, 15) is 0 Å². The van der Waals surface area contributed by atoms with Crippen molar-refractivity contribution in [2.45, 2.75) is 6.92 Å². The predicted octanol–water partition coefficient (Wildman–Crippen LogP) is -0.165. The molecular weight excluding hydrogens is 128 g/mol. The van der Waals surface area contributed by atoms with E-state index >= 15 is 0 Å². The first kappa shape index (κ1) is 6.67. The molecule has 1 heterocycles. The van der Waals surface area contributed by atoms with Gasteiger partial charge in [0.05, 0.1) is 11.9 Å². The molecule has 4 heteroatoms. The largest absolute Gasteiger partial charge is 0.405 e. The number of hydrogen-bond donors (Lipinski definition) is 2. The number of aromatic nitrogens is 2. The average molecular weight is 138 g/mol. The molecule has 0 spiro atoms. The quantitative estimate of drug-likeness (QED) is 0.529. The topological polar surface area (TPSA) is 69.9 Å². The Balaban J connectivity index is 3.05. The van der Waals surface area contributed by atoms with Crippen molar-refractivity contribution in [1.82, 2.24) is 9.66 Å². The Bertz CT molecular complexity index is 248. The number of imidazole rings is 1. The Labute approximate surface area is 59.1 Å². The van der Waals surface area contributed by atoms with E-state index in [-0.39, 0.29) is 0 Å². The highest BCUT2D eigenvalue weighted by molar-refractivity contribution is 5.43. The van der Waals surface area contributed by atoms with Gasteiger partial charge in [-0.1, -0.05) is 0 Å². The van der Waals surface area contributed by atoms with Crippen molar-refractivity contribution in [2.24, 2.45) is 5.73 Å². The molecule has 0 aromatic carbocycles. The second kappa shape index (κ2) is 2.43. The number of aryl methyl sites for hydroxylation is 1. The normalized spacial score (nSPS) is 10.9. The van der Waals surface area contributed by atoms with Crippen molar-refractivity contribution in [2.75, 3.05) is 5.84 Å². The molecule has 0 fully saturated rings. The molecule has 0 radical (unpaired) electrons. The van der Waals surface area contributed by atoms with Gasteiger partial charge in [0.15, 0.2) is 0 Å². The molecule has 0 aliphatic rings. The third-order valence-corrected chi connectivity index (χ3v) is 1.28. The van der Waals surface area contributed by atoms with Crippen LogP contribution in [0, 0.1) is 6.92 Å². The van der Waals surface area contributed by atoms with Crippen LogP contribution in [0.1, 0.15) is 11.5 Å². The van der Waals surface area contributed by atoms with Gasteiger partial charge >= 0.3 is 0 Å². The Morgan fingerprint density at radius 2 is 2.40 bits per heavy atom. The average Bonchev–Trinajstić information content (AvgIpc) is 2.20. The van der Waals surface area contributed by atoms with Crippen molar-refractivity contribution in [3.05, 3.63) is 23.9 Å². The van der Waals surface area contributed by atoms with Crippen LogP contribution in [0.15, 0.2) is 12.4 Å². The maximum absolute atomic E-state index is 5.54. The van der Waals surface area contributed by atoms with Crippen molar-refractivity contribution in [1.29, 1.82) is 0 Å². The van der Waals surface area contributed by atoms with E-state index in [4.69, 9.17) is 11.6 Å². The monoisotopic (exact) mass is 138 g/mol. The standard InChI is InChI=1S/C6H10N4/c1-5-9-4-6(2-3-7)10(5)8/h2-4H,7-8H2,1H3/b3-2-. The van der Waals surface area contributed by atoms with Crippen molar-refractivity contribution >= 4 is 6.08 Å². The number of nitrogens with two attached hydrogens (primary N) is 2. The van der Waals surface area contributed by atoms with Gasteiger partial charge in [-0.2, -0.15) is 0 Å². The predicted molar refractivity (Wildman–Crippen MR) is 40.3 cm³/mol. The molecular formula is C6H10N4. The van der Waals surface area contributed by atoms with E-state index in [1.165, 1.54) is 10.9 Å². The SMILES string of the molecule is Cc1ncc(/C=C\N)n1N. The zero-order valence-electron chi connectivity index (χ0n) is 5.78. The molecule has 1 aromatic heterocycles. The van der Waals surface area contributed by atoms with Crippen LogP contribution in [0.4, 0.5) is 0 Å². The highest BCUT2D eigenvalue weighted by Crippen LogP contribution is 1.99. The fourth-order valence-corrected chi connectivity index (χ4v) is 0.693. The molecule has 10 heavy (non-hydrogen) atoms. The first-order chi connectivity index (χ1) is 4.75. The van der Waals surface area contributed by atoms with Crippen LogP contribution in [0.25, 0.3) is 6.08 Å². The first-order valence-corrected chi connectivity index (χ1v) is 2.93. The van der Waals surface area contributed by atoms with Crippen LogP contribution in [0.5, 0.6) is 0 Å². The number of nitrogen functional groups attached to an aromatic ring is 1. The van der Waals surface area contributed by atoms with Gasteiger partial charge in [0.2, 0.25) is 0 Å². The highest BCUT2D eigenvalue weighted by Gasteiger charge is 1.96. The van der Waals surface area contributed by atoms with Gasteiger partial charge in [-0.05, 0) is 19.2 Å². The van der Waals surface area contributed by atoms with Gasteiger partial charge in [-0.3, -0.25) is 0 Å².